The molecule has 0 saturated heterocycles. The summed E-state index contributed by atoms with van der Waals surface area (Å²) in [5.74, 6) is -14.8. The second kappa shape index (κ2) is 9.05. The van der Waals surface area contributed by atoms with Gasteiger partial charge in [-0.1, -0.05) is 24.3 Å². The molecule has 0 spiro atoms. The summed E-state index contributed by atoms with van der Waals surface area (Å²) in [4.78, 5) is 24.5. The Balaban J connectivity index is 5.67. The first kappa shape index (κ1) is 21.6. The number of halogens is 4. The standard InChI is InChI=1S/C16H20F4N2O2/c1-5-9-21(10-6-2)13(23)15(17,18)16(19,20)14(24)22(11-7-3)12-8-4/h5-8H,1-4,9-12H2. The molecule has 2 amide bonds. The van der Waals surface area contributed by atoms with Crippen molar-refractivity contribution in [3.8, 4) is 0 Å². The van der Waals surface area contributed by atoms with E-state index in [1.54, 1.807) is 0 Å². The average molecular weight is 348 g/mol. The molecule has 0 atom stereocenters. The lowest BCUT2D eigenvalue weighted by Crippen LogP contribution is -2.60. The van der Waals surface area contributed by atoms with Crippen LogP contribution < -0.4 is 0 Å². The molecule has 0 unspecified atom stereocenters. The predicted octanol–water partition coefficient (Wildman–Crippen LogP) is 2.66. The van der Waals surface area contributed by atoms with Gasteiger partial charge in [0.15, 0.2) is 0 Å². The molecule has 0 aliphatic heterocycles. The van der Waals surface area contributed by atoms with E-state index in [2.05, 4.69) is 26.3 Å². The van der Waals surface area contributed by atoms with Crippen molar-refractivity contribution in [3.63, 3.8) is 0 Å². The van der Waals surface area contributed by atoms with E-state index in [0.29, 0.717) is 9.80 Å². The minimum absolute atomic E-state index is 0.395. The van der Waals surface area contributed by atoms with E-state index in [4.69, 9.17) is 0 Å². The van der Waals surface area contributed by atoms with Crippen molar-refractivity contribution in [2.75, 3.05) is 26.2 Å². The van der Waals surface area contributed by atoms with E-state index in [0.717, 1.165) is 24.3 Å². The number of hydrogen-bond donors (Lipinski definition) is 0. The summed E-state index contributed by atoms with van der Waals surface area (Å²) in [6.45, 7) is 11.5. The Labute approximate surface area is 138 Å². The van der Waals surface area contributed by atoms with Crippen LogP contribution in [0.1, 0.15) is 0 Å². The fourth-order valence-electron chi connectivity index (χ4n) is 1.77. The minimum Gasteiger partial charge on any atom is -0.330 e. The van der Waals surface area contributed by atoms with Crippen LogP contribution in [-0.2, 0) is 9.59 Å². The van der Waals surface area contributed by atoms with Crippen LogP contribution in [-0.4, -0.2) is 59.6 Å². The SMILES string of the molecule is C=CCN(CC=C)C(=O)C(F)(F)C(F)(F)C(=O)N(CC=C)CC=C. The fourth-order valence-corrected chi connectivity index (χ4v) is 1.77. The fraction of sp³-hybridized carbons (Fsp3) is 0.375. The molecule has 0 radical (unpaired) electrons. The van der Waals surface area contributed by atoms with Crippen molar-refractivity contribution >= 4 is 11.8 Å². The van der Waals surface area contributed by atoms with Gasteiger partial charge in [-0.15, -0.1) is 26.3 Å². The summed E-state index contributed by atoms with van der Waals surface area (Å²) in [6.07, 6.45) is 4.39. The first-order valence-corrected chi connectivity index (χ1v) is 6.89. The van der Waals surface area contributed by atoms with Crippen molar-refractivity contribution in [3.05, 3.63) is 50.6 Å². The van der Waals surface area contributed by atoms with Gasteiger partial charge in [-0.2, -0.15) is 17.6 Å². The van der Waals surface area contributed by atoms with Crippen molar-refractivity contribution < 1.29 is 27.2 Å². The molecule has 0 bridgehead atoms. The third-order valence-electron chi connectivity index (χ3n) is 2.90. The van der Waals surface area contributed by atoms with Gasteiger partial charge in [0.2, 0.25) is 0 Å². The van der Waals surface area contributed by atoms with E-state index in [9.17, 15) is 27.2 Å². The molecule has 24 heavy (non-hydrogen) atoms. The van der Waals surface area contributed by atoms with Gasteiger partial charge < -0.3 is 9.80 Å². The largest absolute Gasteiger partial charge is 0.395 e. The van der Waals surface area contributed by atoms with Crippen molar-refractivity contribution in [1.29, 1.82) is 0 Å². The van der Waals surface area contributed by atoms with Gasteiger partial charge in [-0.25, -0.2) is 0 Å². The Hall–Kier alpha value is -2.38. The van der Waals surface area contributed by atoms with Gasteiger partial charge in [-0.05, 0) is 0 Å². The van der Waals surface area contributed by atoms with Crippen molar-refractivity contribution in [2.24, 2.45) is 0 Å². The third kappa shape index (κ3) is 4.56. The van der Waals surface area contributed by atoms with E-state index in [1.165, 1.54) is 0 Å². The van der Waals surface area contributed by atoms with Crippen LogP contribution in [0.4, 0.5) is 17.6 Å². The van der Waals surface area contributed by atoms with Crippen molar-refractivity contribution in [1.82, 2.24) is 9.80 Å². The van der Waals surface area contributed by atoms with Gasteiger partial charge in [0, 0.05) is 26.2 Å². The van der Waals surface area contributed by atoms with Crippen LogP contribution in [0.3, 0.4) is 0 Å². The number of nitrogens with zero attached hydrogens (tertiary/aromatic N) is 2. The number of amides is 2. The highest BCUT2D eigenvalue weighted by Crippen LogP contribution is 2.37. The minimum atomic E-state index is -5.23. The third-order valence-corrected chi connectivity index (χ3v) is 2.90. The summed E-state index contributed by atoms with van der Waals surface area (Å²) in [6, 6.07) is 0. The molecule has 0 rings (SSSR count). The lowest BCUT2D eigenvalue weighted by atomic mass is 10.1. The lowest BCUT2D eigenvalue weighted by molar-refractivity contribution is -0.222. The van der Waals surface area contributed by atoms with E-state index < -0.39 is 49.8 Å². The molecule has 0 aliphatic carbocycles. The summed E-state index contributed by atoms with van der Waals surface area (Å²) in [5.41, 5.74) is 0. The maximum atomic E-state index is 14.1. The number of carbonyl (C=O) groups excluding carboxylic acids is 2. The number of hydrogen-bond acceptors (Lipinski definition) is 2. The van der Waals surface area contributed by atoms with Gasteiger partial charge in [0.05, 0.1) is 0 Å². The van der Waals surface area contributed by atoms with E-state index in [1.807, 2.05) is 0 Å². The van der Waals surface area contributed by atoms with Crippen LogP contribution in [0.25, 0.3) is 0 Å². The number of alkyl halides is 4. The zero-order valence-corrected chi connectivity index (χ0v) is 13.2. The molecule has 8 heteroatoms. The summed E-state index contributed by atoms with van der Waals surface area (Å²) >= 11 is 0. The number of carbonyl (C=O) groups is 2. The second-order valence-electron chi connectivity index (χ2n) is 4.72. The van der Waals surface area contributed by atoms with Crippen LogP contribution in [0.15, 0.2) is 50.6 Å². The quantitative estimate of drug-likeness (QED) is 0.425. The Morgan fingerprint density at radius 2 is 0.875 bits per heavy atom. The first-order valence-electron chi connectivity index (χ1n) is 6.89. The summed E-state index contributed by atoms with van der Waals surface area (Å²) < 4.78 is 56.3. The van der Waals surface area contributed by atoms with E-state index in [-0.39, 0.29) is 0 Å². The van der Waals surface area contributed by atoms with Crippen LogP contribution in [0.2, 0.25) is 0 Å². The molecule has 0 heterocycles. The molecular weight excluding hydrogens is 328 g/mol. The second-order valence-corrected chi connectivity index (χ2v) is 4.72. The zero-order valence-electron chi connectivity index (χ0n) is 13.2. The van der Waals surface area contributed by atoms with Crippen LogP contribution in [0.5, 0.6) is 0 Å². The Kier molecular flexibility index (Phi) is 8.15. The normalized spacial score (nSPS) is 11.3. The molecule has 0 aromatic carbocycles. The molecule has 0 aromatic rings. The summed E-state index contributed by atoms with van der Waals surface area (Å²) in [7, 11) is 0. The highest BCUT2D eigenvalue weighted by atomic mass is 19.3. The topological polar surface area (TPSA) is 40.6 Å². The maximum Gasteiger partial charge on any atom is 0.395 e. The lowest BCUT2D eigenvalue weighted by Gasteiger charge is -2.32. The van der Waals surface area contributed by atoms with Gasteiger partial charge >= 0.3 is 23.7 Å². The molecule has 0 aromatic heterocycles. The number of rotatable bonds is 11. The van der Waals surface area contributed by atoms with Gasteiger partial charge in [0.1, 0.15) is 0 Å². The first-order chi connectivity index (χ1) is 11.1. The Morgan fingerprint density at radius 1 is 0.667 bits per heavy atom. The van der Waals surface area contributed by atoms with Crippen LogP contribution in [0, 0.1) is 0 Å². The molecule has 134 valence electrons. The molecule has 4 nitrogen and oxygen atoms in total. The van der Waals surface area contributed by atoms with Crippen LogP contribution >= 0.6 is 0 Å². The predicted molar refractivity (Wildman–Crippen MR) is 83.8 cm³/mol. The van der Waals surface area contributed by atoms with Crippen molar-refractivity contribution in [2.45, 2.75) is 11.8 Å². The molecule has 0 fully saturated rings. The Bertz CT molecular complexity index is 452. The molecule has 0 aliphatic rings. The summed E-state index contributed by atoms with van der Waals surface area (Å²) in [5, 5.41) is 0. The Morgan fingerprint density at radius 3 is 1.04 bits per heavy atom. The van der Waals surface area contributed by atoms with Gasteiger partial charge in [0.25, 0.3) is 0 Å². The monoisotopic (exact) mass is 348 g/mol. The smallest absolute Gasteiger partial charge is 0.330 e. The molecule has 0 N–H and O–H groups in total. The molecular formula is C16H20F4N2O2. The van der Waals surface area contributed by atoms with E-state index >= 15 is 0 Å². The maximum absolute atomic E-state index is 14.1. The zero-order chi connectivity index (χ0) is 19.0. The highest BCUT2D eigenvalue weighted by Gasteiger charge is 2.68. The van der Waals surface area contributed by atoms with Gasteiger partial charge in [-0.3, -0.25) is 9.59 Å². The average Bonchev–Trinajstić information content (AvgIpc) is 2.52. The molecule has 0 saturated carbocycles. The highest BCUT2D eigenvalue weighted by molar-refractivity contribution is 5.95.